The first-order valence-electron chi connectivity index (χ1n) is 4.48. The lowest BCUT2D eigenvalue weighted by Crippen LogP contribution is -2.06. The Labute approximate surface area is 93.9 Å². The van der Waals surface area contributed by atoms with Crippen LogP contribution in [0, 0.1) is 6.92 Å². The van der Waals surface area contributed by atoms with E-state index in [9.17, 15) is 8.78 Å². The third-order valence-electron chi connectivity index (χ3n) is 1.94. The fourth-order valence-corrected chi connectivity index (χ4v) is 1.98. The summed E-state index contributed by atoms with van der Waals surface area (Å²) in [4.78, 5) is 0. The van der Waals surface area contributed by atoms with Crippen LogP contribution in [0.15, 0.2) is 6.20 Å². The van der Waals surface area contributed by atoms with Gasteiger partial charge < -0.3 is 5.73 Å². The zero-order chi connectivity index (χ0) is 11.7. The van der Waals surface area contributed by atoms with Crippen molar-refractivity contribution in [2.75, 3.05) is 5.73 Å². The molecule has 2 heterocycles. The number of aryl methyl sites for hydroxylation is 1. The number of nitrogens with two attached hydrogens (primary N) is 1. The first kappa shape index (κ1) is 10.9. The van der Waals surface area contributed by atoms with E-state index in [1.165, 1.54) is 22.2 Å². The van der Waals surface area contributed by atoms with Crippen LogP contribution >= 0.6 is 11.3 Å². The van der Waals surface area contributed by atoms with Gasteiger partial charge in [0.05, 0.1) is 11.3 Å². The number of rotatable bonds is 3. The van der Waals surface area contributed by atoms with Crippen LogP contribution in [0.25, 0.3) is 10.6 Å². The van der Waals surface area contributed by atoms with Gasteiger partial charge in [-0.2, -0.15) is 5.10 Å². The first-order valence-corrected chi connectivity index (χ1v) is 5.29. The molecule has 0 aliphatic heterocycles. The summed E-state index contributed by atoms with van der Waals surface area (Å²) in [5, 5.41) is 12.4. The van der Waals surface area contributed by atoms with Crippen LogP contribution < -0.4 is 5.73 Å². The van der Waals surface area contributed by atoms with Crippen LogP contribution in [0.3, 0.4) is 0 Å². The molecule has 2 aromatic heterocycles. The molecule has 0 atom stereocenters. The lowest BCUT2D eigenvalue weighted by atomic mass is 10.3. The van der Waals surface area contributed by atoms with E-state index >= 15 is 0 Å². The Morgan fingerprint density at radius 2 is 2.25 bits per heavy atom. The molecule has 2 N–H and O–H groups in total. The number of nitrogens with zero attached hydrogens (tertiary/aromatic N) is 4. The summed E-state index contributed by atoms with van der Waals surface area (Å²) in [6, 6.07) is 0. The molecule has 0 aromatic carbocycles. The molecule has 86 valence electrons. The summed E-state index contributed by atoms with van der Waals surface area (Å²) in [6.45, 7) is 1.31. The van der Waals surface area contributed by atoms with Gasteiger partial charge in [-0.25, -0.2) is 8.78 Å². The first-order chi connectivity index (χ1) is 7.56. The molecule has 5 nitrogen and oxygen atoms in total. The van der Waals surface area contributed by atoms with Gasteiger partial charge >= 0.3 is 0 Å². The number of hydrogen-bond donors (Lipinski definition) is 1. The van der Waals surface area contributed by atoms with Gasteiger partial charge in [-0.05, 0) is 6.92 Å². The van der Waals surface area contributed by atoms with E-state index in [-0.39, 0.29) is 0 Å². The minimum atomic E-state index is -2.42. The van der Waals surface area contributed by atoms with Crippen molar-refractivity contribution in [2.45, 2.75) is 19.9 Å². The van der Waals surface area contributed by atoms with E-state index in [1.807, 2.05) is 0 Å². The Balaban J connectivity index is 2.31. The zero-order valence-electron chi connectivity index (χ0n) is 8.39. The molecule has 0 saturated heterocycles. The van der Waals surface area contributed by atoms with Crippen molar-refractivity contribution in [1.82, 2.24) is 20.0 Å². The van der Waals surface area contributed by atoms with Crippen molar-refractivity contribution in [2.24, 2.45) is 0 Å². The molecule has 0 aliphatic carbocycles. The third-order valence-corrected chi connectivity index (χ3v) is 2.73. The van der Waals surface area contributed by atoms with Crippen molar-refractivity contribution in [1.29, 1.82) is 0 Å². The minimum absolute atomic E-state index is 0.344. The molecule has 0 fully saturated rings. The average molecular weight is 245 g/mol. The predicted molar refractivity (Wildman–Crippen MR) is 56.3 cm³/mol. The summed E-state index contributed by atoms with van der Waals surface area (Å²) >= 11 is 1.20. The maximum Gasteiger partial charge on any atom is 0.257 e. The van der Waals surface area contributed by atoms with Crippen molar-refractivity contribution in [3.63, 3.8) is 0 Å². The summed E-state index contributed by atoms with van der Waals surface area (Å²) in [6.07, 6.45) is -0.895. The highest BCUT2D eigenvalue weighted by atomic mass is 32.1. The van der Waals surface area contributed by atoms with Crippen LogP contribution in [0.5, 0.6) is 0 Å². The van der Waals surface area contributed by atoms with Gasteiger partial charge in [0, 0.05) is 6.20 Å². The summed E-state index contributed by atoms with van der Waals surface area (Å²) < 4.78 is 25.5. The molecule has 8 heteroatoms. The molecule has 0 saturated carbocycles. The number of nitrogen functional groups attached to an aromatic ring is 1. The number of hydrogen-bond acceptors (Lipinski definition) is 5. The smallest absolute Gasteiger partial charge is 0.257 e. The van der Waals surface area contributed by atoms with E-state index < -0.39 is 13.0 Å². The molecule has 2 aromatic rings. The molecular weight excluding hydrogens is 236 g/mol. The number of aromatic nitrogens is 4. The number of anilines is 1. The molecule has 0 spiro atoms. The highest BCUT2D eigenvalue weighted by molar-refractivity contribution is 7.18. The minimum Gasteiger partial charge on any atom is -0.374 e. The van der Waals surface area contributed by atoms with Crippen molar-refractivity contribution in [3.05, 3.63) is 11.9 Å². The molecule has 0 bridgehead atoms. The monoisotopic (exact) mass is 245 g/mol. The zero-order valence-corrected chi connectivity index (χ0v) is 9.21. The second kappa shape index (κ2) is 4.12. The summed E-state index contributed by atoms with van der Waals surface area (Å²) in [5.74, 6) is 0. The number of alkyl halides is 2. The van der Waals surface area contributed by atoms with E-state index in [2.05, 4.69) is 15.3 Å². The largest absolute Gasteiger partial charge is 0.374 e. The van der Waals surface area contributed by atoms with Gasteiger partial charge in [0.1, 0.15) is 6.54 Å². The number of halogens is 2. The highest BCUT2D eigenvalue weighted by Gasteiger charge is 2.13. The fourth-order valence-electron chi connectivity index (χ4n) is 1.31. The van der Waals surface area contributed by atoms with Gasteiger partial charge in [0.2, 0.25) is 5.13 Å². The van der Waals surface area contributed by atoms with Gasteiger partial charge in [0.25, 0.3) is 6.43 Å². The molecule has 0 aliphatic rings. The predicted octanol–water partition coefficient (Wildman–Crippen LogP) is 1.56. The average Bonchev–Trinajstić information content (AvgIpc) is 2.72. The third kappa shape index (κ3) is 2.16. The molecule has 0 radical (unpaired) electrons. The van der Waals surface area contributed by atoms with Crippen LogP contribution in [0.4, 0.5) is 13.9 Å². The second-order valence-corrected chi connectivity index (χ2v) is 4.20. The van der Waals surface area contributed by atoms with Crippen molar-refractivity contribution < 1.29 is 8.78 Å². The standard InChI is InChI=1S/C8H9F2N5S/c1-4-5(7-12-13-8(11)16-7)2-15(14-4)3-6(9)10/h2,6H,3H2,1H3,(H2,11,13). The van der Waals surface area contributed by atoms with E-state index in [1.54, 1.807) is 6.92 Å². The van der Waals surface area contributed by atoms with E-state index in [4.69, 9.17) is 5.73 Å². The lowest BCUT2D eigenvalue weighted by Gasteiger charge is -1.97. The van der Waals surface area contributed by atoms with Gasteiger partial charge in [0.15, 0.2) is 5.01 Å². The van der Waals surface area contributed by atoms with Gasteiger partial charge in [-0.15, -0.1) is 10.2 Å². The van der Waals surface area contributed by atoms with Crippen LogP contribution in [-0.4, -0.2) is 26.4 Å². The topological polar surface area (TPSA) is 69.6 Å². The Morgan fingerprint density at radius 3 is 2.81 bits per heavy atom. The quantitative estimate of drug-likeness (QED) is 0.890. The summed E-state index contributed by atoms with van der Waals surface area (Å²) in [7, 11) is 0. The maximum absolute atomic E-state index is 12.2. The lowest BCUT2D eigenvalue weighted by molar-refractivity contribution is 0.121. The highest BCUT2D eigenvalue weighted by Crippen LogP contribution is 2.26. The Bertz CT molecular complexity index is 492. The molecule has 16 heavy (non-hydrogen) atoms. The Kier molecular flexibility index (Phi) is 2.82. The van der Waals surface area contributed by atoms with Crippen LogP contribution in [0.1, 0.15) is 5.69 Å². The molecule has 0 unspecified atom stereocenters. The second-order valence-electron chi connectivity index (χ2n) is 3.19. The Hall–Kier alpha value is -1.57. The molecular formula is C8H9F2N5S. The molecule has 2 rings (SSSR count). The van der Waals surface area contributed by atoms with Crippen LogP contribution in [-0.2, 0) is 6.54 Å². The van der Waals surface area contributed by atoms with Gasteiger partial charge in [-0.1, -0.05) is 11.3 Å². The Morgan fingerprint density at radius 1 is 1.50 bits per heavy atom. The fraction of sp³-hybridized carbons (Fsp3) is 0.375. The molecule has 0 amide bonds. The summed E-state index contributed by atoms with van der Waals surface area (Å²) in [5.41, 5.74) is 6.78. The van der Waals surface area contributed by atoms with Gasteiger partial charge in [-0.3, -0.25) is 4.68 Å². The van der Waals surface area contributed by atoms with E-state index in [0.29, 0.717) is 21.4 Å². The van der Waals surface area contributed by atoms with Crippen molar-refractivity contribution in [3.8, 4) is 10.6 Å². The SMILES string of the molecule is Cc1nn(CC(F)F)cc1-c1nnc(N)s1. The van der Waals surface area contributed by atoms with Crippen LogP contribution in [0.2, 0.25) is 0 Å². The van der Waals surface area contributed by atoms with E-state index in [0.717, 1.165) is 0 Å². The normalized spacial score (nSPS) is 11.2. The van der Waals surface area contributed by atoms with Crippen molar-refractivity contribution >= 4 is 16.5 Å². The maximum atomic E-state index is 12.2.